The molecule has 1 aliphatic rings. The summed E-state index contributed by atoms with van der Waals surface area (Å²) in [6.45, 7) is 1.68. The second-order valence-corrected chi connectivity index (χ2v) is 5.27. The number of hydrogen-bond donors (Lipinski definition) is 1. The van der Waals surface area contributed by atoms with Crippen molar-refractivity contribution < 1.29 is 14.6 Å². The number of carboxylic acid groups (broad SMARTS) is 1. The van der Waals surface area contributed by atoms with Gasteiger partial charge in [-0.15, -0.1) is 0 Å². The van der Waals surface area contributed by atoms with Gasteiger partial charge in [0.2, 0.25) is 0 Å². The van der Waals surface area contributed by atoms with Crippen LogP contribution in [-0.4, -0.2) is 34.5 Å². The molecule has 0 radical (unpaired) electrons. The first kappa shape index (κ1) is 12.4. The Morgan fingerprint density at radius 3 is 3.00 bits per heavy atom. The fourth-order valence-corrected chi connectivity index (χ4v) is 2.87. The van der Waals surface area contributed by atoms with Gasteiger partial charge in [0.05, 0.1) is 0 Å². The van der Waals surface area contributed by atoms with Crippen LogP contribution in [0.2, 0.25) is 0 Å². The Balaban J connectivity index is 1.89. The average molecular weight is 253 g/mol. The highest BCUT2D eigenvalue weighted by Crippen LogP contribution is 2.25. The molecule has 1 aromatic rings. The first-order valence-electron chi connectivity index (χ1n) is 5.63. The van der Waals surface area contributed by atoms with Gasteiger partial charge in [-0.2, -0.15) is 11.8 Å². The summed E-state index contributed by atoms with van der Waals surface area (Å²) in [4.78, 5) is 14.6. The minimum absolute atomic E-state index is 0.120. The molecular formula is C12H15NO3S. The number of carboxylic acids is 1. The van der Waals surface area contributed by atoms with Gasteiger partial charge in [-0.25, -0.2) is 9.78 Å². The highest BCUT2D eigenvalue weighted by atomic mass is 32.2. The van der Waals surface area contributed by atoms with E-state index >= 15 is 0 Å². The average Bonchev–Trinajstić information content (AvgIpc) is 2.38. The lowest BCUT2D eigenvalue weighted by Crippen LogP contribution is -2.17. The van der Waals surface area contributed by atoms with Crippen LogP contribution in [0.1, 0.15) is 28.9 Å². The molecule has 5 heteroatoms. The summed E-state index contributed by atoms with van der Waals surface area (Å²) in [5.41, 5.74) is 1.14. The fourth-order valence-electron chi connectivity index (χ4n) is 1.74. The van der Waals surface area contributed by atoms with E-state index in [1.54, 1.807) is 12.3 Å². The van der Waals surface area contributed by atoms with Crippen molar-refractivity contribution in [3.8, 4) is 0 Å². The maximum atomic E-state index is 10.8. The molecule has 4 nitrogen and oxygen atoms in total. The van der Waals surface area contributed by atoms with E-state index in [9.17, 15) is 4.79 Å². The van der Waals surface area contributed by atoms with Crippen LogP contribution < -0.4 is 0 Å². The third-order valence-electron chi connectivity index (χ3n) is 2.70. The number of thioether (sulfide) groups is 1. The Labute approximate surface area is 104 Å². The van der Waals surface area contributed by atoms with Gasteiger partial charge in [0.15, 0.2) is 0 Å². The standard InChI is InChI=1S/C12H15NO3S/c14-12(15)11-7-9(1-4-13-11)8-17-10-2-5-16-6-3-10/h1,4,7,10H,2-3,5-6,8H2,(H,14,15). The fraction of sp³-hybridized carbons (Fsp3) is 0.500. The highest BCUT2D eigenvalue weighted by molar-refractivity contribution is 7.99. The van der Waals surface area contributed by atoms with Gasteiger partial charge in [-0.3, -0.25) is 0 Å². The highest BCUT2D eigenvalue weighted by Gasteiger charge is 2.14. The Kier molecular flexibility index (Phi) is 4.39. The maximum Gasteiger partial charge on any atom is 0.354 e. The minimum Gasteiger partial charge on any atom is -0.477 e. The van der Waals surface area contributed by atoms with Crippen molar-refractivity contribution in [2.75, 3.05) is 13.2 Å². The molecule has 1 fully saturated rings. The summed E-state index contributed by atoms with van der Waals surface area (Å²) in [5, 5.41) is 9.47. The van der Waals surface area contributed by atoms with Crippen LogP contribution in [0.25, 0.3) is 0 Å². The molecule has 2 rings (SSSR count). The number of aromatic nitrogens is 1. The second-order valence-electron chi connectivity index (χ2n) is 3.98. The van der Waals surface area contributed by atoms with E-state index in [1.807, 2.05) is 17.8 Å². The summed E-state index contributed by atoms with van der Waals surface area (Å²) in [5.74, 6) is -0.129. The molecule has 17 heavy (non-hydrogen) atoms. The number of pyridine rings is 1. The maximum absolute atomic E-state index is 10.8. The lowest BCUT2D eigenvalue weighted by atomic mass is 10.2. The molecule has 0 spiro atoms. The molecule has 0 aliphatic carbocycles. The van der Waals surface area contributed by atoms with Crippen molar-refractivity contribution in [2.45, 2.75) is 23.8 Å². The molecule has 0 atom stereocenters. The van der Waals surface area contributed by atoms with Crippen LogP contribution in [0.15, 0.2) is 18.3 Å². The van der Waals surface area contributed by atoms with E-state index in [0.717, 1.165) is 37.4 Å². The Morgan fingerprint density at radius 1 is 1.53 bits per heavy atom. The van der Waals surface area contributed by atoms with Crippen molar-refractivity contribution in [2.24, 2.45) is 0 Å². The summed E-state index contributed by atoms with van der Waals surface area (Å²) in [6.07, 6.45) is 3.73. The molecule has 1 N–H and O–H groups in total. The Morgan fingerprint density at radius 2 is 2.29 bits per heavy atom. The van der Waals surface area contributed by atoms with Crippen molar-refractivity contribution in [3.05, 3.63) is 29.6 Å². The van der Waals surface area contributed by atoms with Gasteiger partial charge in [0, 0.05) is 30.4 Å². The normalized spacial score (nSPS) is 16.9. The van der Waals surface area contributed by atoms with Crippen molar-refractivity contribution in [1.29, 1.82) is 0 Å². The lowest BCUT2D eigenvalue weighted by molar-refractivity contribution is 0.0690. The topological polar surface area (TPSA) is 59.4 Å². The van der Waals surface area contributed by atoms with Crippen molar-refractivity contribution in [3.63, 3.8) is 0 Å². The zero-order valence-corrected chi connectivity index (χ0v) is 10.3. The van der Waals surface area contributed by atoms with Gasteiger partial charge in [-0.05, 0) is 30.5 Å². The monoisotopic (exact) mass is 253 g/mol. The predicted molar refractivity (Wildman–Crippen MR) is 66.3 cm³/mol. The van der Waals surface area contributed by atoms with Crippen LogP contribution in [0, 0.1) is 0 Å². The largest absolute Gasteiger partial charge is 0.477 e. The number of nitrogens with zero attached hydrogens (tertiary/aromatic N) is 1. The molecule has 0 bridgehead atoms. The van der Waals surface area contributed by atoms with Gasteiger partial charge < -0.3 is 9.84 Å². The van der Waals surface area contributed by atoms with Crippen molar-refractivity contribution in [1.82, 2.24) is 4.98 Å². The zero-order chi connectivity index (χ0) is 12.1. The van der Waals surface area contributed by atoms with Gasteiger partial charge in [0.25, 0.3) is 0 Å². The first-order chi connectivity index (χ1) is 8.25. The van der Waals surface area contributed by atoms with E-state index in [4.69, 9.17) is 9.84 Å². The van der Waals surface area contributed by atoms with E-state index in [2.05, 4.69) is 4.98 Å². The molecule has 0 aromatic carbocycles. The SMILES string of the molecule is O=C(O)c1cc(CSC2CCOCC2)ccn1. The van der Waals surface area contributed by atoms with Gasteiger partial charge >= 0.3 is 5.97 Å². The minimum atomic E-state index is -0.970. The lowest BCUT2D eigenvalue weighted by Gasteiger charge is -2.21. The van der Waals surface area contributed by atoms with Gasteiger partial charge in [0.1, 0.15) is 5.69 Å². The summed E-state index contributed by atoms with van der Waals surface area (Å²) in [6, 6.07) is 3.52. The smallest absolute Gasteiger partial charge is 0.354 e. The quantitative estimate of drug-likeness (QED) is 0.891. The Hall–Kier alpha value is -1.07. The van der Waals surface area contributed by atoms with Crippen LogP contribution >= 0.6 is 11.8 Å². The van der Waals surface area contributed by atoms with Crippen LogP contribution in [0.4, 0.5) is 0 Å². The molecule has 0 amide bonds. The molecule has 1 aliphatic heterocycles. The number of aromatic carboxylic acids is 1. The third kappa shape index (κ3) is 3.71. The number of ether oxygens (including phenoxy) is 1. The zero-order valence-electron chi connectivity index (χ0n) is 9.46. The van der Waals surface area contributed by atoms with E-state index < -0.39 is 5.97 Å². The molecule has 1 saturated heterocycles. The molecular weight excluding hydrogens is 238 g/mol. The third-order valence-corrected chi connectivity index (χ3v) is 4.14. The predicted octanol–water partition coefficient (Wildman–Crippen LogP) is 2.19. The van der Waals surface area contributed by atoms with E-state index in [0.29, 0.717) is 5.25 Å². The summed E-state index contributed by atoms with van der Waals surface area (Å²) >= 11 is 1.87. The summed E-state index contributed by atoms with van der Waals surface area (Å²) in [7, 11) is 0. The number of carbonyl (C=O) groups is 1. The van der Waals surface area contributed by atoms with Crippen LogP contribution in [0.3, 0.4) is 0 Å². The Bertz CT molecular complexity index is 391. The van der Waals surface area contributed by atoms with Crippen LogP contribution in [-0.2, 0) is 10.5 Å². The molecule has 0 unspecified atom stereocenters. The molecule has 2 heterocycles. The molecule has 1 aromatic heterocycles. The second kappa shape index (κ2) is 6.02. The van der Waals surface area contributed by atoms with Crippen molar-refractivity contribution >= 4 is 17.7 Å². The summed E-state index contributed by atoms with van der Waals surface area (Å²) < 4.78 is 5.30. The van der Waals surface area contributed by atoms with Gasteiger partial charge in [-0.1, -0.05) is 0 Å². The van der Waals surface area contributed by atoms with E-state index in [1.165, 1.54) is 0 Å². The van der Waals surface area contributed by atoms with Crippen LogP contribution in [0.5, 0.6) is 0 Å². The first-order valence-corrected chi connectivity index (χ1v) is 6.68. The molecule has 92 valence electrons. The number of hydrogen-bond acceptors (Lipinski definition) is 4. The number of rotatable bonds is 4. The molecule has 0 saturated carbocycles. The van der Waals surface area contributed by atoms with E-state index in [-0.39, 0.29) is 5.69 Å².